The highest BCUT2D eigenvalue weighted by molar-refractivity contribution is 5.94. The fourth-order valence-electron chi connectivity index (χ4n) is 2.87. The van der Waals surface area contributed by atoms with E-state index in [-0.39, 0.29) is 18.6 Å². The molecule has 1 saturated heterocycles. The SMILES string of the molecule is NC(=O)CO[C@@H]1COCC[C@H]1NC(=O)c1cccc(Cn2cccn2)c1. The predicted octanol–water partition coefficient (Wildman–Crippen LogP) is 0.321. The van der Waals surface area contributed by atoms with Gasteiger partial charge < -0.3 is 20.5 Å². The molecule has 2 atom stereocenters. The Kier molecular flexibility index (Phi) is 5.98. The van der Waals surface area contributed by atoms with Crippen LogP contribution in [0.15, 0.2) is 42.7 Å². The topological polar surface area (TPSA) is 108 Å². The molecule has 0 bridgehead atoms. The number of carbonyl (C=O) groups is 2. The first kappa shape index (κ1) is 18.1. The lowest BCUT2D eigenvalue weighted by atomic mass is 10.0. The summed E-state index contributed by atoms with van der Waals surface area (Å²) in [5, 5.41) is 7.15. The molecule has 8 nitrogen and oxygen atoms in total. The van der Waals surface area contributed by atoms with E-state index >= 15 is 0 Å². The Hall–Kier alpha value is -2.71. The molecule has 0 radical (unpaired) electrons. The Labute approximate surface area is 151 Å². The highest BCUT2D eigenvalue weighted by Crippen LogP contribution is 2.13. The van der Waals surface area contributed by atoms with Gasteiger partial charge in [0.2, 0.25) is 5.91 Å². The van der Waals surface area contributed by atoms with Crippen molar-refractivity contribution >= 4 is 11.8 Å². The van der Waals surface area contributed by atoms with Gasteiger partial charge in [-0.2, -0.15) is 5.10 Å². The molecule has 0 saturated carbocycles. The van der Waals surface area contributed by atoms with Gasteiger partial charge in [0.05, 0.1) is 19.2 Å². The minimum Gasteiger partial charge on any atom is -0.379 e. The summed E-state index contributed by atoms with van der Waals surface area (Å²) in [6, 6.07) is 9.03. The fourth-order valence-corrected chi connectivity index (χ4v) is 2.87. The van der Waals surface area contributed by atoms with Gasteiger partial charge in [0, 0.05) is 24.6 Å². The summed E-state index contributed by atoms with van der Waals surface area (Å²) >= 11 is 0. The number of nitrogens with zero attached hydrogens (tertiary/aromatic N) is 2. The van der Waals surface area contributed by atoms with E-state index in [2.05, 4.69) is 10.4 Å². The average molecular weight is 358 g/mol. The molecule has 1 aromatic heterocycles. The number of primary amides is 1. The summed E-state index contributed by atoms with van der Waals surface area (Å²) in [5.41, 5.74) is 6.67. The van der Waals surface area contributed by atoms with Gasteiger partial charge in [-0.3, -0.25) is 14.3 Å². The van der Waals surface area contributed by atoms with Crippen LogP contribution >= 0.6 is 0 Å². The summed E-state index contributed by atoms with van der Waals surface area (Å²) in [6.45, 7) is 1.24. The van der Waals surface area contributed by atoms with Gasteiger partial charge in [0.15, 0.2) is 0 Å². The van der Waals surface area contributed by atoms with E-state index in [1.165, 1.54) is 0 Å². The van der Waals surface area contributed by atoms with Crippen LogP contribution in [0.3, 0.4) is 0 Å². The highest BCUT2D eigenvalue weighted by Gasteiger charge is 2.28. The molecule has 138 valence electrons. The van der Waals surface area contributed by atoms with Gasteiger partial charge in [-0.05, 0) is 30.2 Å². The minimum atomic E-state index is -0.549. The number of nitrogens with one attached hydrogen (secondary N) is 1. The molecule has 1 fully saturated rings. The number of aromatic nitrogens is 2. The maximum absolute atomic E-state index is 12.6. The zero-order valence-corrected chi connectivity index (χ0v) is 14.3. The van der Waals surface area contributed by atoms with Crippen LogP contribution in [-0.4, -0.2) is 53.6 Å². The van der Waals surface area contributed by atoms with Crippen LogP contribution in [0.1, 0.15) is 22.3 Å². The third kappa shape index (κ3) is 4.90. The second-order valence-electron chi connectivity index (χ2n) is 6.16. The molecule has 1 aromatic carbocycles. The molecule has 0 unspecified atom stereocenters. The molecule has 0 spiro atoms. The Balaban J connectivity index is 1.63. The first-order chi connectivity index (χ1) is 12.6. The largest absolute Gasteiger partial charge is 0.379 e. The summed E-state index contributed by atoms with van der Waals surface area (Å²) in [4.78, 5) is 23.6. The molecule has 3 N–H and O–H groups in total. The Morgan fingerprint density at radius 3 is 3.04 bits per heavy atom. The molecular weight excluding hydrogens is 336 g/mol. The van der Waals surface area contributed by atoms with Gasteiger partial charge in [0.25, 0.3) is 5.91 Å². The fraction of sp³-hybridized carbons (Fsp3) is 0.389. The number of hydrogen-bond acceptors (Lipinski definition) is 5. The number of carbonyl (C=O) groups excluding carboxylic acids is 2. The van der Waals surface area contributed by atoms with E-state index in [0.717, 1.165) is 5.56 Å². The Morgan fingerprint density at radius 1 is 1.38 bits per heavy atom. The lowest BCUT2D eigenvalue weighted by Crippen LogP contribution is -2.50. The highest BCUT2D eigenvalue weighted by atomic mass is 16.5. The second kappa shape index (κ2) is 8.59. The van der Waals surface area contributed by atoms with Gasteiger partial charge in [-0.25, -0.2) is 0 Å². The van der Waals surface area contributed by atoms with E-state index in [0.29, 0.717) is 31.7 Å². The Bertz CT molecular complexity index is 747. The van der Waals surface area contributed by atoms with Crippen LogP contribution in [0.25, 0.3) is 0 Å². The Morgan fingerprint density at radius 2 is 2.27 bits per heavy atom. The molecule has 1 aliphatic heterocycles. The zero-order valence-electron chi connectivity index (χ0n) is 14.3. The van der Waals surface area contributed by atoms with E-state index < -0.39 is 12.0 Å². The van der Waals surface area contributed by atoms with Crippen molar-refractivity contribution in [2.24, 2.45) is 5.73 Å². The molecule has 2 amide bonds. The number of rotatable bonds is 7. The first-order valence-corrected chi connectivity index (χ1v) is 8.46. The quantitative estimate of drug-likeness (QED) is 0.741. The molecular formula is C18H22N4O4. The lowest BCUT2D eigenvalue weighted by molar-refractivity contribution is -0.129. The van der Waals surface area contributed by atoms with Crippen molar-refractivity contribution in [2.75, 3.05) is 19.8 Å². The van der Waals surface area contributed by atoms with Gasteiger partial charge in [-0.1, -0.05) is 12.1 Å². The maximum atomic E-state index is 12.6. The third-order valence-electron chi connectivity index (χ3n) is 4.15. The van der Waals surface area contributed by atoms with Crippen LogP contribution in [0.2, 0.25) is 0 Å². The van der Waals surface area contributed by atoms with Crippen molar-refractivity contribution < 1.29 is 19.1 Å². The number of hydrogen-bond donors (Lipinski definition) is 2. The monoisotopic (exact) mass is 358 g/mol. The van der Waals surface area contributed by atoms with Crippen LogP contribution in [0, 0.1) is 0 Å². The first-order valence-electron chi connectivity index (χ1n) is 8.46. The molecule has 2 aromatic rings. The summed E-state index contributed by atoms with van der Waals surface area (Å²) in [6.07, 6.45) is 3.80. The van der Waals surface area contributed by atoms with Crippen LogP contribution < -0.4 is 11.1 Å². The summed E-state index contributed by atoms with van der Waals surface area (Å²) in [7, 11) is 0. The van der Waals surface area contributed by atoms with E-state index in [4.69, 9.17) is 15.2 Å². The third-order valence-corrected chi connectivity index (χ3v) is 4.15. The van der Waals surface area contributed by atoms with Crippen molar-refractivity contribution in [1.82, 2.24) is 15.1 Å². The lowest BCUT2D eigenvalue weighted by Gasteiger charge is -2.31. The molecule has 2 heterocycles. The standard InChI is InChI=1S/C18H22N4O4/c19-17(23)12-26-16-11-25-8-5-15(16)21-18(24)14-4-1-3-13(9-14)10-22-7-2-6-20-22/h1-4,6-7,9,15-16H,5,8,10-12H2,(H2,19,23)(H,21,24)/t15-,16-/m1/s1. The molecule has 8 heteroatoms. The van der Waals surface area contributed by atoms with Crippen LogP contribution in [-0.2, 0) is 20.8 Å². The number of ether oxygens (including phenoxy) is 2. The van der Waals surface area contributed by atoms with Crippen molar-refractivity contribution in [2.45, 2.75) is 25.1 Å². The van der Waals surface area contributed by atoms with Crippen LogP contribution in [0.4, 0.5) is 0 Å². The van der Waals surface area contributed by atoms with Crippen molar-refractivity contribution in [3.05, 3.63) is 53.9 Å². The van der Waals surface area contributed by atoms with Crippen molar-refractivity contribution in [3.8, 4) is 0 Å². The van der Waals surface area contributed by atoms with E-state index in [1.54, 1.807) is 16.9 Å². The van der Waals surface area contributed by atoms with Gasteiger partial charge in [-0.15, -0.1) is 0 Å². The van der Waals surface area contributed by atoms with Gasteiger partial charge >= 0.3 is 0 Å². The number of amides is 2. The molecule has 0 aliphatic carbocycles. The molecule has 26 heavy (non-hydrogen) atoms. The number of nitrogens with two attached hydrogens (primary N) is 1. The normalized spacial score (nSPS) is 19.8. The smallest absolute Gasteiger partial charge is 0.251 e. The van der Waals surface area contributed by atoms with Crippen molar-refractivity contribution in [3.63, 3.8) is 0 Å². The number of benzene rings is 1. The van der Waals surface area contributed by atoms with E-state index in [9.17, 15) is 9.59 Å². The molecule has 3 rings (SSSR count). The summed E-state index contributed by atoms with van der Waals surface area (Å²) < 4.78 is 12.6. The molecule has 1 aliphatic rings. The summed E-state index contributed by atoms with van der Waals surface area (Å²) in [5.74, 6) is -0.737. The van der Waals surface area contributed by atoms with Crippen LogP contribution in [0.5, 0.6) is 0 Å². The van der Waals surface area contributed by atoms with Crippen molar-refractivity contribution in [1.29, 1.82) is 0 Å². The maximum Gasteiger partial charge on any atom is 0.251 e. The minimum absolute atomic E-state index is 0.188. The second-order valence-corrected chi connectivity index (χ2v) is 6.16. The van der Waals surface area contributed by atoms with Gasteiger partial charge in [0.1, 0.15) is 12.7 Å². The average Bonchev–Trinajstić information content (AvgIpc) is 3.14. The zero-order chi connectivity index (χ0) is 18.4. The predicted molar refractivity (Wildman–Crippen MR) is 93.4 cm³/mol. The van der Waals surface area contributed by atoms with E-state index in [1.807, 2.05) is 30.5 Å².